The van der Waals surface area contributed by atoms with Crippen molar-refractivity contribution in [1.29, 1.82) is 0 Å². The average molecular weight is 179 g/mol. The first-order chi connectivity index (χ1) is 5.27. The molecule has 0 rings (SSSR count). The Morgan fingerprint density at radius 1 is 1.27 bits per heavy atom. The van der Waals surface area contributed by atoms with Crippen molar-refractivity contribution in [2.45, 2.75) is 44.9 Å². The Kier molecular flexibility index (Phi) is 8.54. The summed E-state index contributed by atoms with van der Waals surface area (Å²) in [6, 6.07) is 0. The minimum Gasteiger partial charge on any atom is -0.381 e. The van der Waals surface area contributed by atoms with Crippen molar-refractivity contribution in [2.24, 2.45) is 0 Å². The second kappa shape index (κ2) is 8.35. The van der Waals surface area contributed by atoms with E-state index in [9.17, 15) is 0 Å². The molecule has 2 heteroatoms. The number of alkyl halides is 1. The zero-order valence-electron chi connectivity index (χ0n) is 7.61. The molecule has 0 amide bonds. The summed E-state index contributed by atoms with van der Waals surface area (Å²) in [5.74, 6) is 0. The molecule has 0 spiro atoms. The van der Waals surface area contributed by atoms with E-state index in [0.717, 1.165) is 26.1 Å². The van der Waals surface area contributed by atoms with Gasteiger partial charge in [0.15, 0.2) is 0 Å². The van der Waals surface area contributed by atoms with Crippen molar-refractivity contribution in [1.82, 2.24) is 0 Å². The first kappa shape index (κ1) is 11.2. The molecule has 0 bridgehead atoms. The maximum Gasteiger partial charge on any atom is 0.0466 e. The van der Waals surface area contributed by atoms with Gasteiger partial charge in [-0.1, -0.05) is 13.3 Å². The monoisotopic (exact) mass is 178 g/mol. The lowest BCUT2D eigenvalue weighted by atomic mass is 10.2. The van der Waals surface area contributed by atoms with Crippen LogP contribution in [0.5, 0.6) is 0 Å². The number of hydrogen-bond acceptors (Lipinski definition) is 1. The topological polar surface area (TPSA) is 9.23 Å². The average Bonchev–Trinajstić information content (AvgIpc) is 1.96. The van der Waals surface area contributed by atoms with Gasteiger partial charge in [0.1, 0.15) is 0 Å². The first-order valence-electron chi connectivity index (χ1n) is 4.49. The van der Waals surface area contributed by atoms with Crippen molar-refractivity contribution >= 4 is 11.6 Å². The molecule has 1 unspecified atom stereocenters. The predicted molar refractivity (Wildman–Crippen MR) is 50.3 cm³/mol. The van der Waals surface area contributed by atoms with E-state index in [1.807, 2.05) is 6.92 Å². The van der Waals surface area contributed by atoms with Crippen LogP contribution in [0.4, 0.5) is 0 Å². The molecule has 0 aromatic heterocycles. The fraction of sp³-hybridized carbons (Fsp3) is 1.00. The molecule has 0 N–H and O–H groups in total. The van der Waals surface area contributed by atoms with E-state index >= 15 is 0 Å². The number of hydrogen-bond donors (Lipinski definition) is 0. The Balaban J connectivity index is 2.80. The molecular weight excluding hydrogens is 160 g/mol. The van der Waals surface area contributed by atoms with Gasteiger partial charge in [0.05, 0.1) is 0 Å². The van der Waals surface area contributed by atoms with Crippen LogP contribution in [-0.2, 0) is 4.74 Å². The molecule has 1 nitrogen and oxygen atoms in total. The van der Waals surface area contributed by atoms with E-state index in [-0.39, 0.29) is 0 Å². The van der Waals surface area contributed by atoms with Gasteiger partial charge in [-0.2, -0.15) is 0 Å². The molecule has 0 radical (unpaired) electrons. The van der Waals surface area contributed by atoms with Crippen molar-refractivity contribution in [3.05, 3.63) is 0 Å². The first-order valence-corrected chi connectivity index (χ1v) is 4.92. The van der Waals surface area contributed by atoms with E-state index in [4.69, 9.17) is 16.3 Å². The molecule has 11 heavy (non-hydrogen) atoms. The Morgan fingerprint density at radius 3 is 2.45 bits per heavy atom. The second-order valence-corrected chi connectivity index (χ2v) is 3.63. The zero-order valence-corrected chi connectivity index (χ0v) is 8.36. The van der Waals surface area contributed by atoms with Crippen molar-refractivity contribution in [2.75, 3.05) is 13.2 Å². The quantitative estimate of drug-likeness (QED) is 0.430. The van der Waals surface area contributed by atoms with Crippen LogP contribution in [0.3, 0.4) is 0 Å². The maximum atomic E-state index is 5.76. The molecule has 0 fully saturated rings. The lowest BCUT2D eigenvalue weighted by Crippen LogP contribution is -1.99. The largest absolute Gasteiger partial charge is 0.381 e. The minimum absolute atomic E-state index is 0.296. The Bertz CT molecular complexity index is 74.0. The highest BCUT2D eigenvalue weighted by Crippen LogP contribution is 2.03. The van der Waals surface area contributed by atoms with Crippen LogP contribution in [-0.4, -0.2) is 18.6 Å². The fourth-order valence-electron chi connectivity index (χ4n) is 0.815. The predicted octanol–water partition coefficient (Wildman–Crippen LogP) is 3.21. The smallest absolute Gasteiger partial charge is 0.0466 e. The molecule has 0 heterocycles. The van der Waals surface area contributed by atoms with E-state index in [1.165, 1.54) is 12.8 Å². The van der Waals surface area contributed by atoms with Gasteiger partial charge in [-0.3, -0.25) is 0 Å². The summed E-state index contributed by atoms with van der Waals surface area (Å²) < 4.78 is 5.37. The Labute approximate surface area is 75.1 Å². The molecule has 0 aliphatic carbocycles. The van der Waals surface area contributed by atoms with Crippen molar-refractivity contribution in [3.8, 4) is 0 Å². The third-order valence-corrected chi connectivity index (χ3v) is 1.75. The number of ether oxygens (including phenoxy) is 1. The lowest BCUT2D eigenvalue weighted by Gasteiger charge is -2.03. The Hall–Kier alpha value is 0.250. The van der Waals surface area contributed by atoms with Crippen LogP contribution < -0.4 is 0 Å². The third kappa shape index (κ3) is 10.2. The summed E-state index contributed by atoms with van der Waals surface area (Å²) in [5.41, 5.74) is 0. The molecule has 68 valence electrons. The van der Waals surface area contributed by atoms with Gasteiger partial charge in [-0.05, 0) is 26.2 Å². The van der Waals surface area contributed by atoms with Crippen LogP contribution in [0, 0.1) is 0 Å². The fourth-order valence-corrected chi connectivity index (χ4v) is 0.969. The van der Waals surface area contributed by atoms with Gasteiger partial charge >= 0.3 is 0 Å². The second-order valence-electron chi connectivity index (χ2n) is 2.89. The molecule has 0 aliphatic rings. The molecular formula is C9H19ClO. The summed E-state index contributed by atoms with van der Waals surface area (Å²) in [4.78, 5) is 0. The molecule has 0 saturated carbocycles. The van der Waals surface area contributed by atoms with E-state index in [0.29, 0.717) is 5.38 Å². The highest BCUT2D eigenvalue weighted by molar-refractivity contribution is 6.20. The van der Waals surface area contributed by atoms with Crippen LogP contribution in [0.1, 0.15) is 39.5 Å². The van der Waals surface area contributed by atoms with Gasteiger partial charge in [0.2, 0.25) is 0 Å². The summed E-state index contributed by atoms with van der Waals surface area (Å²) in [6.45, 7) is 5.97. The van der Waals surface area contributed by atoms with Gasteiger partial charge in [0.25, 0.3) is 0 Å². The number of halogens is 1. The van der Waals surface area contributed by atoms with Crippen LogP contribution in [0.25, 0.3) is 0 Å². The van der Waals surface area contributed by atoms with Gasteiger partial charge < -0.3 is 4.74 Å². The van der Waals surface area contributed by atoms with Gasteiger partial charge in [0, 0.05) is 18.6 Å². The van der Waals surface area contributed by atoms with E-state index < -0.39 is 0 Å². The highest BCUT2D eigenvalue weighted by Gasteiger charge is 1.94. The lowest BCUT2D eigenvalue weighted by molar-refractivity contribution is 0.127. The Morgan fingerprint density at radius 2 is 1.91 bits per heavy atom. The summed E-state index contributed by atoms with van der Waals surface area (Å²) >= 11 is 5.76. The van der Waals surface area contributed by atoms with E-state index in [2.05, 4.69) is 6.92 Å². The molecule has 0 aliphatic heterocycles. The molecule has 0 aromatic carbocycles. The normalized spacial score (nSPS) is 13.4. The van der Waals surface area contributed by atoms with E-state index in [1.54, 1.807) is 0 Å². The maximum absolute atomic E-state index is 5.76. The molecule has 1 atom stereocenters. The standard InChI is InChI=1S/C9H19ClO/c1-3-4-7-11-8-5-6-9(2)10/h9H,3-8H2,1-2H3. The molecule has 0 saturated heterocycles. The van der Waals surface area contributed by atoms with Crippen molar-refractivity contribution in [3.63, 3.8) is 0 Å². The molecule has 0 aromatic rings. The van der Waals surface area contributed by atoms with Gasteiger partial charge in [-0.25, -0.2) is 0 Å². The minimum atomic E-state index is 0.296. The zero-order chi connectivity index (χ0) is 8.53. The third-order valence-electron chi connectivity index (χ3n) is 1.53. The van der Waals surface area contributed by atoms with Gasteiger partial charge in [-0.15, -0.1) is 11.6 Å². The van der Waals surface area contributed by atoms with Crippen molar-refractivity contribution < 1.29 is 4.74 Å². The summed E-state index contributed by atoms with van der Waals surface area (Å²) in [7, 11) is 0. The van der Waals surface area contributed by atoms with Crippen LogP contribution in [0.2, 0.25) is 0 Å². The number of unbranched alkanes of at least 4 members (excludes halogenated alkanes) is 1. The van der Waals surface area contributed by atoms with Crippen LogP contribution >= 0.6 is 11.6 Å². The summed E-state index contributed by atoms with van der Waals surface area (Å²) in [5, 5.41) is 0.296. The summed E-state index contributed by atoms with van der Waals surface area (Å²) in [6.07, 6.45) is 4.55. The van der Waals surface area contributed by atoms with Crippen LogP contribution in [0.15, 0.2) is 0 Å². The SMILES string of the molecule is CCCCOCCCC(C)Cl. The highest BCUT2D eigenvalue weighted by atomic mass is 35.5. The number of rotatable bonds is 7.